The molecule has 2 aliphatic rings. The number of benzene rings is 1. The number of pyridine rings is 1. The van der Waals surface area contributed by atoms with E-state index in [0.29, 0.717) is 18.1 Å². The van der Waals surface area contributed by atoms with Crippen molar-refractivity contribution >= 4 is 32.1 Å². The molecule has 0 atom stereocenters. The first-order valence-corrected chi connectivity index (χ1v) is 14.9. The lowest BCUT2D eigenvalue weighted by Crippen LogP contribution is -2.43. The molecule has 6 rings (SSSR count). The lowest BCUT2D eigenvalue weighted by atomic mass is 9.87. The predicted octanol–water partition coefficient (Wildman–Crippen LogP) is 3.88. The molecule has 4 heterocycles. The molecule has 1 saturated heterocycles. The molecule has 2 fully saturated rings. The van der Waals surface area contributed by atoms with Gasteiger partial charge < -0.3 is 14.6 Å². The van der Waals surface area contributed by atoms with Crippen LogP contribution >= 0.6 is 0 Å². The van der Waals surface area contributed by atoms with E-state index in [4.69, 9.17) is 4.98 Å². The molecule has 1 N–H and O–H groups in total. The van der Waals surface area contributed by atoms with Gasteiger partial charge in [0.25, 0.3) is 10.0 Å². The smallest absolute Gasteiger partial charge is 0.269 e. The van der Waals surface area contributed by atoms with Gasteiger partial charge in [-0.05, 0) is 69.8 Å². The molecule has 4 aromatic rings. The van der Waals surface area contributed by atoms with E-state index in [1.807, 2.05) is 6.07 Å². The van der Waals surface area contributed by atoms with Crippen LogP contribution in [0.4, 0.5) is 0 Å². The van der Waals surface area contributed by atoms with Crippen molar-refractivity contribution in [1.29, 1.82) is 5.26 Å². The molecule has 198 valence electrons. The molecule has 0 unspecified atom stereocenters. The summed E-state index contributed by atoms with van der Waals surface area (Å²) in [6.45, 7) is 1.98. The standard InChI is InChI=1S/C28H32N6O3S/c29-18-20-10-14-32(15-11-20)21-6-8-22(9-7-21)34-26(13-17-35)31-25-19-30-28-24(27(25)34)12-16-33(28)38(36,37)23-4-2-1-3-5-23/h1-5,12,16,19-22,35H,6-11,13-15,17H2. The number of fused-ring (bicyclic) bond motifs is 3. The van der Waals surface area contributed by atoms with Crippen LogP contribution in [0.2, 0.25) is 0 Å². The molecule has 0 bridgehead atoms. The van der Waals surface area contributed by atoms with Crippen molar-refractivity contribution in [2.24, 2.45) is 5.92 Å². The Kier molecular flexibility index (Phi) is 6.68. The molecule has 0 radical (unpaired) electrons. The van der Waals surface area contributed by atoms with Crippen LogP contribution in [0.5, 0.6) is 0 Å². The Morgan fingerprint density at radius 3 is 2.39 bits per heavy atom. The Morgan fingerprint density at radius 2 is 1.71 bits per heavy atom. The third-order valence-electron chi connectivity index (χ3n) is 8.30. The van der Waals surface area contributed by atoms with Gasteiger partial charge in [0.1, 0.15) is 11.3 Å². The number of hydrogen-bond acceptors (Lipinski definition) is 7. The highest BCUT2D eigenvalue weighted by Gasteiger charge is 2.32. The normalized spacial score (nSPS) is 21.7. The zero-order valence-electron chi connectivity index (χ0n) is 21.3. The Labute approximate surface area is 222 Å². The monoisotopic (exact) mass is 532 g/mol. The first-order valence-electron chi connectivity index (χ1n) is 13.4. The molecule has 1 aliphatic carbocycles. The number of nitriles is 1. The minimum Gasteiger partial charge on any atom is -0.396 e. The third-order valence-corrected chi connectivity index (χ3v) is 9.98. The summed E-state index contributed by atoms with van der Waals surface area (Å²) in [5.74, 6) is 1.00. The molecule has 1 aromatic carbocycles. The van der Waals surface area contributed by atoms with E-state index in [1.165, 1.54) is 3.97 Å². The molecule has 0 amide bonds. The van der Waals surface area contributed by atoms with Crippen LogP contribution in [0.15, 0.2) is 53.7 Å². The number of rotatable bonds is 6. The number of imidazole rings is 1. The molecule has 1 saturated carbocycles. The first kappa shape index (κ1) is 25.0. The van der Waals surface area contributed by atoms with E-state index in [1.54, 1.807) is 42.7 Å². The summed E-state index contributed by atoms with van der Waals surface area (Å²) < 4.78 is 30.3. The highest BCUT2D eigenvalue weighted by atomic mass is 32.2. The fourth-order valence-corrected chi connectivity index (χ4v) is 7.66. The van der Waals surface area contributed by atoms with Crippen LogP contribution in [0.25, 0.3) is 22.1 Å². The lowest BCUT2D eigenvalue weighted by molar-refractivity contribution is 0.105. The summed E-state index contributed by atoms with van der Waals surface area (Å²) in [6, 6.07) is 13.4. The van der Waals surface area contributed by atoms with Gasteiger partial charge in [0.15, 0.2) is 5.65 Å². The number of aromatic nitrogens is 4. The predicted molar refractivity (Wildman–Crippen MR) is 144 cm³/mol. The van der Waals surface area contributed by atoms with Gasteiger partial charge in [0, 0.05) is 36.0 Å². The van der Waals surface area contributed by atoms with Gasteiger partial charge in [0.2, 0.25) is 0 Å². The maximum atomic E-state index is 13.4. The van der Waals surface area contributed by atoms with Gasteiger partial charge in [-0.25, -0.2) is 22.4 Å². The third kappa shape index (κ3) is 4.28. The zero-order valence-corrected chi connectivity index (χ0v) is 22.1. The Bertz CT molecular complexity index is 1590. The van der Waals surface area contributed by atoms with Crippen molar-refractivity contribution < 1.29 is 13.5 Å². The number of nitrogens with zero attached hydrogens (tertiary/aromatic N) is 6. The molecular weight excluding hydrogens is 500 g/mol. The van der Waals surface area contributed by atoms with Crippen LogP contribution in [0.3, 0.4) is 0 Å². The van der Waals surface area contributed by atoms with Crippen LogP contribution in [0, 0.1) is 17.2 Å². The molecule has 38 heavy (non-hydrogen) atoms. The fraction of sp³-hybridized carbons (Fsp3) is 0.464. The summed E-state index contributed by atoms with van der Waals surface area (Å²) in [4.78, 5) is 12.1. The van der Waals surface area contributed by atoms with Crippen molar-refractivity contribution in [1.82, 2.24) is 23.4 Å². The zero-order chi connectivity index (χ0) is 26.3. The lowest BCUT2D eigenvalue weighted by Gasteiger charge is -2.40. The molecular formula is C28H32N6O3S. The number of hydrogen-bond donors (Lipinski definition) is 1. The van der Waals surface area contributed by atoms with E-state index in [-0.39, 0.29) is 23.5 Å². The summed E-state index contributed by atoms with van der Waals surface area (Å²) in [6.07, 6.45) is 9.67. The Morgan fingerprint density at radius 1 is 1.00 bits per heavy atom. The maximum Gasteiger partial charge on any atom is 0.269 e. The molecule has 10 heteroatoms. The molecule has 9 nitrogen and oxygen atoms in total. The number of likely N-dealkylation sites (tertiary alicyclic amines) is 1. The van der Waals surface area contributed by atoms with E-state index in [9.17, 15) is 18.8 Å². The van der Waals surface area contributed by atoms with Crippen molar-refractivity contribution in [3.05, 3.63) is 54.6 Å². The summed E-state index contributed by atoms with van der Waals surface area (Å²) in [5.41, 5.74) is 1.99. The molecule has 3 aromatic heterocycles. The minimum atomic E-state index is -3.80. The Hall–Kier alpha value is -3.26. The topological polar surface area (TPSA) is 117 Å². The van der Waals surface area contributed by atoms with Gasteiger partial charge in [-0.1, -0.05) is 18.2 Å². The number of piperidine rings is 1. The average molecular weight is 533 g/mol. The summed E-state index contributed by atoms with van der Waals surface area (Å²) in [7, 11) is -3.80. The van der Waals surface area contributed by atoms with Crippen molar-refractivity contribution in [2.45, 2.75) is 61.9 Å². The highest BCUT2D eigenvalue weighted by Crippen LogP contribution is 2.38. The number of aliphatic hydroxyl groups is 1. The largest absolute Gasteiger partial charge is 0.396 e. The van der Waals surface area contributed by atoms with Crippen molar-refractivity contribution in [3.8, 4) is 6.07 Å². The van der Waals surface area contributed by atoms with Crippen molar-refractivity contribution in [2.75, 3.05) is 19.7 Å². The van der Waals surface area contributed by atoms with Gasteiger partial charge in [-0.2, -0.15) is 5.26 Å². The average Bonchev–Trinajstić information content (AvgIpc) is 3.56. The van der Waals surface area contributed by atoms with E-state index in [0.717, 1.165) is 73.9 Å². The van der Waals surface area contributed by atoms with Gasteiger partial charge >= 0.3 is 0 Å². The summed E-state index contributed by atoms with van der Waals surface area (Å²) in [5, 5.41) is 19.8. The van der Waals surface area contributed by atoms with Gasteiger partial charge in [-0.15, -0.1) is 0 Å². The second kappa shape index (κ2) is 10.1. The van der Waals surface area contributed by atoms with Gasteiger partial charge in [-0.3, -0.25) is 0 Å². The quantitative estimate of drug-likeness (QED) is 0.400. The van der Waals surface area contributed by atoms with Crippen LogP contribution in [-0.4, -0.2) is 62.7 Å². The SMILES string of the molecule is N#CC1CCN(C2CCC(n3c(CCO)nc4cnc5c(ccn5S(=O)(=O)c5ccccc5)c43)CC2)CC1. The van der Waals surface area contributed by atoms with Crippen molar-refractivity contribution in [3.63, 3.8) is 0 Å². The molecule has 0 spiro atoms. The van der Waals surface area contributed by atoms with E-state index in [2.05, 4.69) is 20.5 Å². The second-order valence-electron chi connectivity index (χ2n) is 10.4. The van der Waals surface area contributed by atoms with Crippen LogP contribution < -0.4 is 0 Å². The van der Waals surface area contributed by atoms with Crippen LogP contribution in [0.1, 0.15) is 50.4 Å². The first-order chi connectivity index (χ1) is 18.5. The van der Waals surface area contributed by atoms with E-state index < -0.39 is 10.0 Å². The maximum absolute atomic E-state index is 13.4. The minimum absolute atomic E-state index is 0.00747. The number of aliphatic hydroxyl groups excluding tert-OH is 1. The second-order valence-corrected chi connectivity index (χ2v) is 12.2. The highest BCUT2D eigenvalue weighted by molar-refractivity contribution is 7.90. The Balaban J connectivity index is 1.35. The summed E-state index contributed by atoms with van der Waals surface area (Å²) >= 11 is 0. The fourth-order valence-electron chi connectivity index (χ4n) is 6.34. The van der Waals surface area contributed by atoms with Crippen LogP contribution in [-0.2, 0) is 16.4 Å². The molecule has 1 aliphatic heterocycles. The van der Waals surface area contributed by atoms with Gasteiger partial charge in [0.05, 0.1) is 29.3 Å². The van der Waals surface area contributed by atoms with E-state index >= 15 is 0 Å².